The zero-order valence-corrected chi connectivity index (χ0v) is 20.6. The number of benzene rings is 3. The number of hydrogen-bond acceptors (Lipinski definition) is 3. The van der Waals surface area contributed by atoms with E-state index in [1.165, 1.54) is 4.90 Å². The Bertz CT molecular complexity index is 1420. The number of carbonyl (C=O) groups is 1. The van der Waals surface area contributed by atoms with Crippen molar-refractivity contribution in [1.82, 2.24) is 14.5 Å². The monoisotopic (exact) mass is 494 g/mol. The van der Waals surface area contributed by atoms with Crippen molar-refractivity contribution in [1.29, 1.82) is 0 Å². The van der Waals surface area contributed by atoms with Crippen LogP contribution < -0.4 is 10.9 Å². The summed E-state index contributed by atoms with van der Waals surface area (Å²) in [7, 11) is 1.67. The van der Waals surface area contributed by atoms with E-state index < -0.39 is 6.04 Å². The van der Waals surface area contributed by atoms with Gasteiger partial charge in [0.25, 0.3) is 5.56 Å². The fraction of sp³-hybridized carbons (Fsp3) is 0.192. The van der Waals surface area contributed by atoms with E-state index in [9.17, 15) is 9.59 Å². The number of rotatable bonds is 5. The van der Waals surface area contributed by atoms with Crippen LogP contribution in [0.15, 0.2) is 71.5 Å². The summed E-state index contributed by atoms with van der Waals surface area (Å²) < 4.78 is 1.59. The van der Waals surface area contributed by atoms with Crippen molar-refractivity contribution < 1.29 is 4.79 Å². The average molecular weight is 495 g/mol. The highest BCUT2D eigenvalue weighted by Crippen LogP contribution is 2.28. The lowest BCUT2D eigenvalue weighted by atomic mass is 10.1. The smallest absolute Gasteiger partial charge is 0.317 e. The second-order valence-electron chi connectivity index (χ2n) is 8.05. The van der Waals surface area contributed by atoms with Crippen LogP contribution in [0.3, 0.4) is 0 Å². The number of hydrogen-bond donors (Lipinski definition) is 1. The zero-order chi connectivity index (χ0) is 24.4. The molecule has 0 aliphatic rings. The lowest BCUT2D eigenvalue weighted by molar-refractivity contribution is 0.199. The first-order valence-corrected chi connectivity index (χ1v) is 11.6. The van der Waals surface area contributed by atoms with Crippen molar-refractivity contribution in [3.8, 4) is 5.69 Å². The number of halogens is 2. The fourth-order valence-electron chi connectivity index (χ4n) is 3.88. The van der Waals surface area contributed by atoms with Crippen LogP contribution in [0.25, 0.3) is 16.6 Å². The number of urea groups is 1. The van der Waals surface area contributed by atoms with Gasteiger partial charge in [-0.25, -0.2) is 9.78 Å². The molecule has 0 aliphatic carbocycles. The van der Waals surface area contributed by atoms with Gasteiger partial charge in [-0.05, 0) is 55.8 Å². The highest BCUT2D eigenvalue weighted by molar-refractivity contribution is 6.36. The minimum absolute atomic E-state index is 0.183. The van der Waals surface area contributed by atoms with E-state index in [1.807, 2.05) is 50.2 Å². The van der Waals surface area contributed by atoms with Crippen LogP contribution in [-0.2, 0) is 0 Å². The Kier molecular flexibility index (Phi) is 6.91. The summed E-state index contributed by atoms with van der Waals surface area (Å²) in [6, 6.07) is 18.9. The Morgan fingerprint density at radius 3 is 2.47 bits per heavy atom. The van der Waals surface area contributed by atoms with Gasteiger partial charge >= 0.3 is 6.03 Å². The van der Waals surface area contributed by atoms with Crippen molar-refractivity contribution >= 4 is 45.8 Å². The molecule has 174 valence electrons. The number of para-hydroxylation sites is 1. The minimum atomic E-state index is -0.482. The summed E-state index contributed by atoms with van der Waals surface area (Å²) in [5.74, 6) is 0.481. The van der Waals surface area contributed by atoms with Crippen LogP contribution in [0, 0.1) is 6.92 Å². The van der Waals surface area contributed by atoms with E-state index in [1.54, 1.807) is 41.9 Å². The molecule has 1 N–H and O–H groups in total. The first kappa shape index (κ1) is 23.8. The van der Waals surface area contributed by atoms with Crippen molar-refractivity contribution in [2.45, 2.75) is 26.3 Å². The van der Waals surface area contributed by atoms with Crippen molar-refractivity contribution in [3.63, 3.8) is 0 Å². The Hall–Kier alpha value is -3.35. The lowest BCUT2D eigenvalue weighted by Gasteiger charge is -2.29. The Morgan fingerprint density at radius 1 is 1.09 bits per heavy atom. The van der Waals surface area contributed by atoms with E-state index in [-0.39, 0.29) is 11.6 Å². The molecule has 0 bridgehead atoms. The highest BCUT2D eigenvalue weighted by atomic mass is 35.5. The topological polar surface area (TPSA) is 67.2 Å². The lowest BCUT2D eigenvalue weighted by Crippen LogP contribution is -2.38. The third-order valence-electron chi connectivity index (χ3n) is 5.74. The van der Waals surface area contributed by atoms with E-state index in [0.29, 0.717) is 44.6 Å². The normalized spacial score (nSPS) is 11.9. The summed E-state index contributed by atoms with van der Waals surface area (Å²) in [6.45, 7) is 3.94. The zero-order valence-electron chi connectivity index (χ0n) is 19.0. The number of aromatic nitrogens is 2. The van der Waals surface area contributed by atoms with Gasteiger partial charge in [-0.2, -0.15) is 0 Å². The van der Waals surface area contributed by atoms with Crippen LogP contribution in [-0.4, -0.2) is 27.5 Å². The second-order valence-corrected chi connectivity index (χ2v) is 8.90. The average Bonchev–Trinajstić information content (AvgIpc) is 2.82. The van der Waals surface area contributed by atoms with Gasteiger partial charge in [0.2, 0.25) is 0 Å². The van der Waals surface area contributed by atoms with E-state index in [2.05, 4.69) is 5.32 Å². The van der Waals surface area contributed by atoms with Crippen LogP contribution in [0.5, 0.6) is 0 Å². The summed E-state index contributed by atoms with van der Waals surface area (Å²) in [5, 5.41) is 4.15. The number of aryl methyl sites for hydroxylation is 1. The molecule has 0 saturated heterocycles. The van der Waals surface area contributed by atoms with Crippen molar-refractivity contribution in [2.24, 2.45) is 0 Å². The third-order valence-corrected chi connectivity index (χ3v) is 6.29. The first-order valence-electron chi connectivity index (χ1n) is 10.9. The maximum atomic E-state index is 13.6. The predicted molar refractivity (Wildman–Crippen MR) is 138 cm³/mol. The molecular formula is C26H24Cl2N4O2. The number of carbonyl (C=O) groups excluding carboxylic acids is 1. The maximum Gasteiger partial charge on any atom is 0.322 e. The molecule has 0 radical (unpaired) electrons. The molecule has 1 heterocycles. The van der Waals surface area contributed by atoms with E-state index in [0.717, 1.165) is 5.56 Å². The molecule has 3 aromatic carbocycles. The molecule has 1 atom stereocenters. The van der Waals surface area contributed by atoms with Crippen LogP contribution in [0.1, 0.15) is 30.8 Å². The quantitative estimate of drug-likeness (QED) is 0.339. The number of nitrogens with zero attached hydrogens (tertiary/aromatic N) is 3. The molecule has 0 spiro atoms. The Morgan fingerprint density at radius 2 is 1.79 bits per heavy atom. The van der Waals surface area contributed by atoms with E-state index >= 15 is 0 Å². The van der Waals surface area contributed by atoms with E-state index in [4.69, 9.17) is 28.2 Å². The van der Waals surface area contributed by atoms with Crippen LogP contribution >= 0.6 is 23.2 Å². The maximum absolute atomic E-state index is 13.6. The standard InChI is InChI=1S/C26H24Cl2N4O2/c1-4-23(31(3)26(34)30-22-14-11-17(27)15-20(22)28)24-29-21-8-6-5-7-19(21)25(33)32(24)18-12-9-16(2)10-13-18/h5-15,23H,4H2,1-3H3,(H,30,34). The van der Waals surface area contributed by atoms with Gasteiger partial charge < -0.3 is 10.2 Å². The van der Waals surface area contributed by atoms with Crippen molar-refractivity contribution in [3.05, 3.63) is 98.5 Å². The minimum Gasteiger partial charge on any atom is -0.317 e. The van der Waals surface area contributed by atoms with Crippen LogP contribution in [0.4, 0.5) is 10.5 Å². The molecule has 2 amide bonds. The molecule has 0 fully saturated rings. The molecule has 4 aromatic rings. The molecule has 34 heavy (non-hydrogen) atoms. The summed E-state index contributed by atoms with van der Waals surface area (Å²) in [4.78, 5) is 33.1. The summed E-state index contributed by atoms with van der Waals surface area (Å²) in [6.07, 6.45) is 0.537. The first-order chi connectivity index (χ1) is 16.3. The van der Waals surface area contributed by atoms with Gasteiger partial charge in [-0.3, -0.25) is 9.36 Å². The number of anilines is 1. The molecule has 0 saturated carbocycles. The van der Waals surface area contributed by atoms with Crippen LogP contribution in [0.2, 0.25) is 10.0 Å². The molecule has 1 aromatic heterocycles. The van der Waals surface area contributed by atoms with Gasteiger partial charge in [-0.1, -0.05) is 60.0 Å². The summed E-state index contributed by atoms with van der Waals surface area (Å²) >= 11 is 12.2. The Labute approximate surface area is 207 Å². The molecule has 6 nitrogen and oxygen atoms in total. The second kappa shape index (κ2) is 9.87. The molecule has 8 heteroatoms. The molecule has 1 unspecified atom stereocenters. The SMILES string of the molecule is CCC(c1nc2ccccc2c(=O)n1-c1ccc(C)cc1)N(C)C(=O)Nc1ccc(Cl)cc1Cl. The largest absolute Gasteiger partial charge is 0.322 e. The van der Waals surface area contributed by atoms with Gasteiger partial charge in [0.15, 0.2) is 0 Å². The predicted octanol–water partition coefficient (Wildman–Crippen LogP) is 6.62. The molecular weight excluding hydrogens is 471 g/mol. The van der Waals surface area contributed by atoms with Crippen molar-refractivity contribution in [2.75, 3.05) is 12.4 Å². The summed E-state index contributed by atoms with van der Waals surface area (Å²) in [5.41, 5.74) is 2.61. The number of nitrogens with one attached hydrogen (secondary N) is 1. The van der Waals surface area contributed by atoms with Gasteiger partial charge in [0.1, 0.15) is 5.82 Å². The fourth-order valence-corrected chi connectivity index (χ4v) is 4.34. The van der Waals surface area contributed by atoms with Gasteiger partial charge in [0, 0.05) is 12.1 Å². The number of fused-ring (bicyclic) bond motifs is 1. The third kappa shape index (κ3) is 4.65. The van der Waals surface area contributed by atoms with Gasteiger partial charge in [-0.15, -0.1) is 0 Å². The molecule has 4 rings (SSSR count). The molecule has 0 aliphatic heterocycles. The highest BCUT2D eigenvalue weighted by Gasteiger charge is 2.27. The number of amides is 2. The van der Waals surface area contributed by atoms with Gasteiger partial charge in [0.05, 0.1) is 33.3 Å². The Balaban J connectivity index is 1.81.